The summed E-state index contributed by atoms with van der Waals surface area (Å²) in [6, 6.07) is 11.1. The first-order valence-corrected chi connectivity index (χ1v) is 12.4. The van der Waals surface area contributed by atoms with Gasteiger partial charge in [0, 0.05) is 57.3 Å². The van der Waals surface area contributed by atoms with E-state index in [1.807, 2.05) is 22.7 Å². The maximum Gasteiger partial charge on any atom is 0.573 e. The molecule has 0 atom stereocenters. The number of rotatable bonds is 9. The van der Waals surface area contributed by atoms with Gasteiger partial charge >= 0.3 is 6.36 Å². The Morgan fingerprint density at radius 3 is 2.62 bits per heavy atom. The van der Waals surface area contributed by atoms with Crippen LogP contribution in [-0.4, -0.2) is 68.4 Å². The van der Waals surface area contributed by atoms with Gasteiger partial charge in [-0.15, -0.1) is 13.2 Å². The van der Waals surface area contributed by atoms with Gasteiger partial charge < -0.3 is 25.5 Å². The van der Waals surface area contributed by atoms with E-state index in [4.69, 9.17) is 16.3 Å². The van der Waals surface area contributed by atoms with Crippen molar-refractivity contribution in [3.05, 3.63) is 78.6 Å². The topological polar surface area (TPSA) is 132 Å². The fourth-order valence-corrected chi connectivity index (χ4v) is 4.26. The molecule has 0 unspecified atom stereocenters. The quantitative estimate of drug-likeness (QED) is 0.265. The smallest absolute Gasteiger partial charge is 0.492 e. The molecule has 1 aromatic carbocycles. The number of nitrogens with one attached hydrogen (secondary N) is 1. The number of nitrogens with zero attached hydrogens (tertiary/aromatic N) is 6. The summed E-state index contributed by atoms with van der Waals surface area (Å²) in [5.41, 5.74) is 9.40. The van der Waals surface area contributed by atoms with E-state index in [9.17, 15) is 13.2 Å². The number of pyridine rings is 1. The standard InChI is InChI=1S/C26H28F3N9O2/c27-26(28,29)40-20-3-1-18(2-4-20)14-32-24-12-22(34-17-35-24)23-15-33-25-11-21(5-6-37(23)25)39-10-9-36-7-8-38(31)19(13-30)16-36/h1-6,11-13,15,17H,7-10,14,16,30-31H2,(H,32,34,35)/b19-13-. The zero-order chi connectivity index (χ0) is 28.1. The van der Waals surface area contributed by atoms with Crippen molar-refractivity contribution in [1.82, 2.24) is 29.3 Å². The lowest BCUT2D eigenvalue weighted by Gasteiger charge is -2.34. The van der Waals surface area contributed by atoms with Gasteiger partial charge in [0.05, 0.1) is 23.3 Å². The number of fused-ring (bicyclic) bond motifs is 1. The van der Waals surface area contributed by atoms with E-state index >= 15 is 0 Å². The normalized spacial score (nSPS) is 15.5. The van der Waals surface area contributed by atoms with Crippen LogP contribution in [0.15, 0.2) is 73.1 Å². The van der Waals surface area contributed by atoms with Crippen LogP contribution in [0.2, 0.25) is 0 Å². The molecule has 11 nitrogen and oxygen atoms in total. The van der Waals surface area contributed by atoms with Crippen molar-refractivity contribution < 1.29 is 22.6 Å². The Morgan fingerprint density at radius 2 is 1.85 bits per heavy atom. The maximum atomic E-state index is 12.4. The van der Waals surface area contributed by atoms with Crippen LogP contribution in [0.25, 0.3) is 17.0 Å². The molecule has 4 aromatic rings. The van der Waals surface area contributed by atoms with Crippen LogP contribution in [-0.2, 0) is 6.54 Å². The summed E-state index contributed by atoms with van der Waals surface area (Å²) in [5, 5.41) is 4.82. The average molecular weight is 556 g/mol. The second kappa shape index (κ2) is 11.7. The van der Waals surface area contributed by atoms with Crippen LogP contribution in [0.5, 0.6) is 11.5 Å². The molecule has 1 saturated heterocycles. The van der Waals surface area contributed by atoms with Crippen LogP contribution >= 0.6 is 0 Å². The van der Waals surface area contributed by atoms with E-state index in [0.717, 1.165) is 30.0 Å². The largest absolute Gasteiger partial charge is 0.573 e. The number of hydrogen-bond acceptors (Lipinski definition) is 10. The number of hydrogen-bond donors (Lipinski definition) is 3. The molecular weight excluding hydrogens is 527 g/mol. The molecule has 0 amide bonds. The highest BCUT2D eigenvalue weighted by molar-refractivity contribution is 5.63. The number of imidazole rings is 1. The predicted molar refractivity (Wildman–Crippen MR) is 142 cm³/mol. The molecule has 1 fully saturated rings. The lowest BCUT2D eigenvalue weighted by atomic mass is 10.2. The van der Waals surface area contributed by atoms with Crippen molar-refractivity contribution >= 4 is 11.5 Å². The molecule has 5 N–H and O–H groups in total. The molecule has 40 heavy (non-hydrogen) atoms. The van der Waals surface area contributed by atoms with Gasteiger partial charge in [-0.1, -0.05) is 12.1 Å². The number of anilines is 1. The Labute approximate surface area is 227 Å². The van der Waals surface area contributed by atoms with Gasteiger partial charge in [0.25, 0.3) is 0 Å². The van der Waals surface area contributed by atoms with Crippen LogP contribution in [0.4, 0.5) is 19.0 Å². The van der Waals surface area contributed by atoms with Gasteiger partial charge in [0.1, 0.15) is 35.9 Å². The molecule has 1 aliphatic heterocycles. The summed E-state index contributed by atoms with van der Waals surface area (Å²) in [6.07, 6.45) is 1.84. The number of halogens is 3. The van der Waals surface area contributed by atoms with Crippen molar-refractivity contribution in [3.63, 3.8) is 0 Å². The number of alkyl halides is 3. The third-order valence-corrected chi connectivity index (χ3v) is 6.33. The van der Waals surface area contributed by atoms with Crippen molar-refractivity contribution in [2.24, 2.45) is 11.6 Å². The number of aromatic nitrogens is 4. The van der Waals surface area contributed by atoms with Crippen LogP contribution in [0, 0.1) is 0 Å². The molecule has 210 valence electrons. The summed E-state index contributed by atoms with van der Waals surface area (Å²) in [6.45, 7) is 3.81. The highest BCUT2D eigenvalue weighted by Crippen LogP contribution is 2.25. The van der Waals surface area contributed by atoms with Crippen LogP contribution < -0.4 is 26.4 Å². The molecule has 14 heteroatoms. The third-order valence-electron chi connectivity index (χ3n) is 6.33. The lowest BCUT2D eigenvalue weighted by molar-refractivity contribution is -0.274. The SMILES string of the molecule is N/C=C1/CN(CCOc2ccn3c(-c4cc(NCc5ccc(OC(F)(F)F)cc5)ncn4)cnc3c2)CCN1N. The Bertz CT molecular complexity index is 1470. The van der Waals surface area contributed by atoms with Gasteiger partial charge in [-0.05, 0) is 23.8 Å². The second-order valence-electron chi connectivity index (χ2n) is 9.04. The second-order valence-corrected chi connectivity index (χ2v) is 9.04. The van der Waals surface area contributed by atoms with E-state index in [1.54, 1.807) is 29.4 Å². The molecular formula is C26H28F3N9O2. The van der Waals surface area contributed by atoms with E-state index in [0.29, 0.717) is 49.1 Å². The molecule has 0 spiro atoms. The molecule has 1 aliphatic rings. The zero-order valence-corrected chi connectivity index (χ0v) is 21.4. The summed E-state index contributed by atoms with van der Waals surface area (Å²) >= 11 is 0. The molecule has 0 saturated carbocycles. The average Bonchev–Trinajstić information content (AvgIpc) is 3.36. The molecule has 0 bridgehead atoms. The van der Waals surface area contributed by atoms with Gasteiger partial charge in [-0.3, -0.25) is 9.30 Å². The molecule has 5 rings (SSSR count). The number of benzene rings is 1. The Hall–Kier alpha value is -4.56. The van der Waals surface area contributed by atoms with Crippen molar-refractivity contribution in [2.75, 3.05) is 38.1 Å². The summed E-state index contributed by atoms with van der Waals surface area (Å²) in [4.78, 5) is 15.3. The fourth-order valence-electron chi connectivity index (χ4n) is 4.26. The van der Waals surface area contributed by atoms with Crippen LogP contribution in [0.1, 0.15) is 5.56 Å². The number of piperazine rings is 1. The van der Waals surface area contributed by atoms with Gasteiger partial charge in [0.2, 0.25) is 0 Å². The predicted octanol–water partition coefficient (Wildman–Crippen LogP) is 2.97. The summed E-state index contributed by atoms with van der Waals surface area (Å²) < 4.78 is 48.8. The molecule has 3 aromatic heterocycles. The van der Waals surface area contributed by atoms with Crippen molar-refractivity contribution in [3.8, 4) is 22.9 Å². The van der Waals surface area contributed by atoms with E-state index in [-0.39, 0.29) is 5.75 Å². The lowest BCUT2D eigenvalue weighted by Crippen LogP contribution is -2.49. The first-order valence-electron chi connectivity index (χ1n) is 12.4. The first kappa shape index (κ1) is 27.0. The first-order chi connectivity index (χ1) is 19.3. The maximum absolute atomic E-state index is 12.4. The minimum atomic E-state index is -4.72. The van der Waals surface area contributed by atoms with E-state index in [1.165, 1.54) is 24.7 Å². The Kier molecular flexibility index (Phi) is 7.89. The number of ether oxygens (including phenoxy) is 2. The Balaban J connectivity index is 1.19. The van der Waals surface area contributed by atoms with Crippen molar-refractivity contribution in [2.45, 2.75) is 12.9 Å². The minimum Gasteiger partial charge on any atom is -0.492 e. The van der Waals surface area contributed by atoms with E-state index in [2.05, 4.69) is 29.9 Å². The third kappa shape index (κ3) is 6.71. The number of hydrazine groups is 1. The van der Waals surface area contributed by atoms with Gasteiger partial charge in [-0.2, -0.15) is 0 Å². The molecule has 4 heterocycles. The van der Waals surface area contributed by atoms with Gasteiger partial charge in [0.15, 0.2) is 0 Å². The highest BCUT2D eigenvalue weighted by atomic mass is 19.4. The van der Waals surface area contributed by atoms with Gasteiger partial charge in [-0.25, -0.2) is 20.8 Å². The summed E-state index contributed by atoms with van der Waals surface area (Å²) in [5.74, 6) is 6.89. The molecule has 0 aliphatic carbocycles. The van der Waals surface area contributed by atoms with E-state index < -0.39 is 6.36 Å². The minimum absolute atomic E-state index is 0.272. The Morgan fingerprint density at radius 1 is 1.02 bits per heavy atom. The summed E-state index contributed by atoms with van der Waals surface area (Å²) in [7, 11) is 0. The zero-order valence-electron chi connectivity index (χ0n) is 21.4. The fraction of sp³-hybridized carbons (Fsp3) is 0.269. The van der Waals surface area contributed by atoms with Crippen molar-refractivity contribution in [1.29, 1.82) is 0 Å². The van der Waals surface area contributed by atoms with Crippen LogP contribution in [0.3, 0.4) is 0 Å². The number of nitrogens with two attached hydrogens (primary N) is 2. The molecule has 0 radical (unpaired) electrons. The monoisotopic (exact) mass is 555 g/mol. The highest BCUT2D eigenvalue weighted by Gasteiger charge is 2.31.